The molecule has 1 fully saturated rings. The molecule has 1 aliphatic heterocycles. The van der Waals surface area contributed by atoms with E-state index >= 15 is 8.78 Å². The number of carbonyl (C=O) groups is 1. The lowest BCUT2D eigenvalue weighted by Crippen LogP contribution is -2.55. The number of sulfonamides is 1. The predicted molar refractivity (Wildman–Crippen MR) is 101 cm³/mol. The second-order valence-electron chi connectivity index (χ2n) is 6.82. The standard InChI is InChI=1S/C19H16ClF5N2O3S/c20-11-4-6-12(7-5-11)31(29,30)27(15-3-1-2-10-26-18(15)28)19(24,25)13-8-9-14(21)17(23)16(13)22/h4-9,15H,1-3,10H2,(H,26,28)/t15-/m1/s1. The van der Waals surface area contributed by atoms with Crippen molar-refractivity contribution in [2.45, 2.75) is 36.2 Å². The minimum Gasteiger partial charge on any atom is -0.355 e. The molecule has 0 aliphatic carbocycles. The molecular formula is C19H16ClF5N2O3S. The maximum atomic E-state index is 15.6. The largest absolute Gasteiger partial charge is 0.355 e. The van der Waals surface area contributed by atoms with E-state index < -0.39 is 60.2 Å². The van der Waals surface area contributed by atoms with E-state index in [-0.39, 0.29) is 36.5 Å². The molecule has 3 rings (SSSR count). The van der Waals surface area contributed by atoms with Crippen molar-refractivity contribution in [2.75, 3.05) is 6.54 Å². The van der Waals surface area contributed by atoms with E-state index in [1.165, 1.54) is 0 Å². The van der Waals surface area contributed by atoms with Gasteiger partial charge in [0.05, 0.1) is 10.5 Å². The fraction of sp³-hybridized carbons (Fsp3) is 0.316. The summed E-state index contributed by atoms with van der Waals surface area (Å²) in [6.45, 7) is 0.134. The number of alkyl halides is 2. The first kappa shape index (κ1) is 23.4. The van der Waals surface area contributed by atoms with Gasteiger partial charge in [-0.05, 0) is 55.7 Å². The lowest BCUT2D eigenvalue weighted by Gasteiger charge is -2.35. The van der Waals surface area contributed by atoms with Crippen molar-refractivity contribution in [3.05, 3.63) is 64.4 Å². The van der Waals surface area contributed by atoms with Gasteiger partial charge >= 0.3 is 6.05 Å². The van der Waals surface area contributed by atoms with Gasteiger partial charge in [-0.3, -0.25) is 4.79 Å². The van der Waals surface area contributed by atoms with E-state index in [1.807, 2.05) is 0 Å². The summed E-state index contributed by atoms with van der Waals surface area (Å²) in [6, 6.07) is -2.01. The van der Waals surface area contributed by atoms with Crippen LogP contribution in [0, 0.1) is 17.5 Å². The normalized spacial score (nSPS) is 18.0. The SMILES string of the molecule is O=C1NCCCC[C@H]1N(C(F)(F)c1ccc(F)c(F)c1F)S(=O)(=O)c1ccc(Cl)cc1. The predicted octanol–water partition coefficient (Wildman–Crippen LogP) is 4.17. The molecule has 1 amide bonds. The van der Waals surface area contributed by atoms with Gasteiger partial charge < -0.3 is 5.32 Å². The number of rotatable bonds is 5. The Hall–Kier alpha value is -2.24. The second-order valence-corrected chi connectivity index (χ2v) is 9.07. The highest BCUT2D eigenvalue weighted by atomic mass is 35.5. The molecule has 0 aromatic heterocycles. The summed E-state index contributed by atoms with van der Waals surface area (Å²) in [5, 5.41) is 2.46. The summed E-state index contributed by atoms with van der Waals surface area (Å²) in [6.07, 6.45) is 0.327. The Morgan fingerprint density at radius 1 is 1.00 bits per heavy atom. The summed E-state index contributed by atoms with van der Waals surface area (Å²) >= 11 is 5.73. The third-order valence-electron chi connectivity index (χ3n) is 4.80. The highest BCUT2D eigenvalue weighted by Crippen LogP contribution is 2.41. The number of nitrogens with zero attached hydrogens (tertiary/aromatic N) is 1. The average molecular weight is 483 g/mol. The lowest BCUT2D eigenvalue weighted by molar-refractivity contribution is -0.149. The second kappa shape index (κ2) is 8.71. The zero-order valence-electron chi connectivity index (χ0n) is 15.7. The Labute approximate surface area is 179 Å². The van der Waals surface area contributed by atoms with Gasteiger partial charge in [0.2, 0.25) is 15.9 Å². The number of hydrogen-bond acceptors (Lipinski definition) is 3. The van der Waals surface area contributed by atoms with Crippen LogP contribution in [0.5, 0.6) is 0 Å². The molecule has 1 atom stereocenters. The molecule has 1 heterocycles. The van der Waals surface area contributed by atoms with Crippen molar-refractivity contribution in [1.82, 2.24) is 9.62 Å². The van der Waals surface area contributed by atoms with Crippen LogP contribution in [0.2, 0.25) is 5.02 Å². The average Bonchev–Trinajstić information content (AvgIpc) is 2.90. The van der Waals surface area contributed by atoms with Gasteiger partial charge in [0, 0.05) is 11.6 Å². The summed E-state index contributed by atoms with van der Waals surface area (Å²) in [5.41, 5.74) is -1.72. The van der Waals surface area contributed by atoms with E-state index in [1.54, 1.807) is 0 Å². The van der Waals surface area contributed by atoms with Gasteiger partial charge in [-0.2, -0.15) is 8.78 Å². The molecule has 1 aliphatic rings. The van der Waals surface area contributed by atoms with Crippen molar-refractivity contribution < 1.29 is 35.2 Å². The van der Waals surface area contributed by atoms with Crippen LogP contribution in [0.3, 0.4) is 0 Å². The topological polar surface area (TPSA) is 66.5 Å². The number of hydrogen-bond donors (Lipinski definition) is 1. The number of amides is 1. The zero-order valence-corrected chi connectivity index (χ0v) is 17.3. The van der Waals surface area contributed by atoms with Crippen LogP contribution in [-0.2, 0) is 20.9 Å². The van der Waals surface area contributed by atoms with Crippen molar-refractivity contribution >= 4 is 27.5 Å². The van der Waals surface area contributed by atoms with Crippen LogP contribution in [0.4, 0.5) is 22.0 Å². The molecule has 0 radical (unpaired) electrons. The quantitative estimate of drug-likeness (QED) is 0.395. The molecule has 5 nitrogen and oxygen atoms in total. The summed E-state index contributed by atoms with van der Waals surface area (Å²) in [4.78, 5) is 11.8. The minimum absolute atomic E-state index is 0.121. The van der Waals surface area contributed by atoms with Gasteiger partial charge in [0.15, 0.2) is 17.5 Å². The molecule has 0 spiro atoms. The van der Waals surface area contributed by atoms with Gasteiger partial charge in [-0.1, -0.05) is 11.6 Å². The fourth-order valence-corrected chi connectivity index (χ4v) is 5.03. The minimum atomic E-state index is -5.13. The Kier molecular flexibility index (Phi) is 6.59. The first-order valence-corrected chi connectivity index (χ1v) is 10.9. The molecule has 0 saturated carbocycles. The Morgan fingerprint density at radius 3 is 2.29 bits per heavy atom. The highest BCUT2D eigenvalue weighted by Gasteiger charge is 2.54. The Balaban J connectivity index is 2.23. The Bertz CT molecular complexity index is 1100. The summed E-state index contributed by atoms with van der Waals surface area (Å²) in [7, 11) is -5.13. The molecule has 1 saturated heterocycles. The van der Waals surface area contributed by atoms with E-state index in [4.69, 9.17) is 11.6 Å². The van der Waals surface area contributed by atoms with Crippen molar-refractivity contribution in [1.29, 1.82) is 0 Å². The highest BCUT2D eigenvalue weighted by molar-refractivity contribution is 7.89. The van der Waals surface area contributed by atoms with E-state index in [0.717, 1.165) is 24.3 Å². The van der Waals surface area contributed by atoms with E-state index in [0.29, 0.717) is 6.42 Å². The number of benzene rings is 2. The first-order chi connectivity index (χ1) is 14.5. The number of halogens is 6. The molecule has 0 bridgehead atoms. The third-order valence-corrected chi connectivity index (χ3v) is 6.92. The number of nitrogens with one attached hydrogen (secondary N) is 1. The van der Waals surface area contributed by atoms with Gasteiger partial charge in [-0.25, -0.2) is 21.6 Å². The summed E-state index contributed by atoms with van der Waals surface area (Å²) < 4.78 is 98.3. The fourth-order valence-electron chi connectivity index (χ4n) is 3.26. The zero-order chi connectivity index (χ0) is 23.0. The monoisotopic (exact) mass is 482 g/mol. The van der Waals surface area contributed by atoms with Crippen LogP contribution in [-0.4, -0.2) is 31.2 Å². The van der Waals surface area contributed by atoms with Gasteiger partial charge in [-0.15, -0.1) is 4.31 Å². The lowest BCUT2D eigenvalue weighted by atomic mass is 10.1. The Morgan fingerprint density at radius 2 is 1.65 bits per heavy atom. The molecule has 2 aromatic rings. The van der Waals surface area contributed by atoms with Gasteiger partial charge in [0.1, 0.15) is 6.04 Å². The molecule has 168 valence electrons. The van der Waals surface area contributed by atoms with E-state index in [9.17, 15) is 26.4 Å². The van der Waals surface area contributed by atoms with Gasteiger partial charge in [0.25, 0.3) is 0 Å². The molecule has 31 heavy (non-hydrogen) atoms. The van der Waals surface area contributed by atoms with Crippen molar-refractivity contribution in [3.63, 3.8) is 0 Å². The van der Waals surface area contributed by atoms with E-state index in [2.05, 4.69) is 5.32 Å². The summed E-state index contributed by atoms with van der Waals surface area (Å²) in [5.74, 6) is -7.18. The van der Waals surface area contributed by atoms with Crippen LogP contribution >= 0.6 is 11.6 Å². The van der Waals surface area contributed by atoms with Crippen LogP contribution < -0.4 is 5.32 Å². The first-order valence-electron chi connectivity index (χ1n) is 9.07. The van der Waals surface area contributed by atoms with Crippen LogP contribution in [0.25, 0.3) is 0 Å². The molecule has 0 unspecified atom stereocenters. The molecule has 12 heteroatoms. The number of carbonyl (C=O) groups excluding carboxylic acids is 1. The smallest absolute Gasteiger partial charge is 0.348 e. The van der Waals surface area contributed by atoms with Crippen LogP contribution in [0.15, 0.2) is 41.3 Å². The van der Waals surface area contributed by atoms with Crippen LogP contribution in [0.1, 0.15) is 24.8 Å². The maximum Gasteiger partial charge on any atom is 0.348 e. The van der Waals surface area contributed by atoms with Crippen molar-refractivity contribution in [3.8, 4) is 0 Å². The van der Waals surface area contributed by atoms with Crippen molar-refractivity contribution in [2.24, 2.45) is 0 Å². The maximum absolute atomic E-state index is 15.6. The third kappa shape index (κ3) is 4.39. The molecule has 2 aromatic carbocycles. The molecular weight excluding hydrogens is 467 g/mol. The molecule has 1 N–H and O–H groups in total.